The van der Waals surface area contributed by atoms with E-state index in [1.807, 2.05) is 6.07 Å². The summed E-state index contributed by atoms with van der Waals surface area (Å²) in [5, 5.41) is 2.32. The molecule has 0 N–H and O–H groups in total. The number of rotatable bonds is 4. The van der Waals surface area contributed by atoms with E-state index >= 15 is 0 Å². The third-order valence-electron chi connectivity index (χ3n) is 4.92. The maximum absolute atomic E-state index is 6.25. The van der Waals surface area contributed by atoms with Crippen LogP contribution in [0.3, 0.4) is 0 Å². The van der Waals surface area contributed by atoms with E-state index in [4.69, 9.17) is 14.5 Å². The van der Waals surface area contributed by atoms with Gasteiger partial charge in [-0.1, -0.05) is 30.3 Å². The normalized spacial score (nSPS) is 15.0. The predicted octanol–water partition coefficient (Wildman–Crippen LogP) is 4.69. The van der Waals surface area contributed by atoms with Crippen molar-refractivity contribution < 1.29 is 9.47 Å². The van der Waals surface area contributed by atoms with Gasteiger partial charge in [0, 0.05) is 29.5 Å². The smallest absolute Gasteiger partial charge is 0.166 e. The number of ether oxygens (including phenoxy) is 2. The second kappa shape index (κ2) is 6.54. The molecule has 4 nitrogen and oxygen atoms in total. The Labute approximate surface area is 160 Å². The minimum Gasteiger partial charge on any atom is -0.493 e. The summed E-state index contributed by atoms with van der Waals surface area (Å²) in [4.78, 5) is 7.19. The molecule has 0 spiro atoms. The SMILES string of the molecule is COc1cc2cc(CN(C)C)nc(-c3ccccc3)c2c2c1OC(C)(C)C2. The van der Waals surface area contributed by atoms with Crippen LogP contribution in [0.4, 0.5) is 0 Å². The first-order valence-corrected chi connectivity index (χ1v) is 9.30. The Balaban J connectivity index is 2.05. The Hall–Kier alpha value is -2.59. The Morgan fingerprint density at radius 3 is 2.56 bits per heavy atom. The molecule has 1 aromatic heterocycles. The molecule has 2 heterocycles. The summed E-state index contributed by atoms with van der Waals surface area (Å²) >= 11 is 0. The van der Waals surface area contributed by atoms with E-state index in [0.717, 1.165) is 46.8 Å². The molecule has 2 aromatic carbocycles. The summed E-state index contributed by atoms with van der Waals surface area (Å²) in [6.45, 7) is 5.03. The lowest BCUT2D eigenvalue weighted by atomic mass is 9.93. The molecule has 27 heavy (non-hydrogen) atoms. The average Bonchev–Trinajstić information content (AvgIpc) is 2.95. The van der Waals surface area contributed by atoms with E-state index in [0.29, 0.717) is 0 Å². The van der Waals surface area contributed by atoms with Gasteiger partial charge >= 0.3 is 0 Å². The lowest BCUT2D eigenvalue weighted by molar-refractivity contribution is 0.134. The van der Waals surface area contributed by atoms with E-state index in [2.05, 4.69) is 69.2 Å². The van der Waals surface area contributed by atoms with Gasteiger partial charge < -0.3 is 14.4 Å². The van der Waals surface area contributed by atoms with Gasteiger partial charge in [0.25, 0.3) is 0 Å². The fourth-order valence-electron chi connectivity index (χ4n) is 3.90. The largest absolute Gasteiger partial charge is 0.493 e. The molecular weight excluding hydrogens is 336 g/mol. The number of hydrogen-bond donors (Lipinski definition) is 0. The van der Waals surface area contributed by atoms with E-state index in [9.17, 15) is 0 Å². The number of nitrogens with zero attached hydrogens (tertiary/aromatic N) is 2. The number of aromatic nitrogens is 1. The molecule has 0 fully saturated rings. The fraction of sp³-hybridized carbons (Fsp3) is 0.348. The number of pyridine rings is 1. The number of benzene rings is 2. The van der Waals surface area contributed by atoms with Crippen LogP contribution >= 0.6 is 0 Å². The third-order valence-corrected chi connectivity index (χ3v) is 4.92. The number of fused-ring (bicyclic) bond motifs is 3. The standard InChI is InChI=1S/C23H26N2O2/c1-23(2)13-18-20-16(12-19(26-5)22(18)27-23)11-17(14-25(3)4)24-21(20)15-9-7-6-8-10-15/h6-12H,13-14H2,1-5H3. The van der Waals surface area contributed by atoms with Crippen LogP contribution in [0.1, 0.15) is 25.1 Å². The quantitative estimate of drug-likeness (QED) is 0.675. The first kappa shape index (κ1) is 17.8. The van der Waals surface area contributed by atoms with Crippen molar-refractivity contribution in [3.63, 3.8) is 0 Å². The predicted molar refractivity (Wildman–Crippen MR) is 110 cm³/mol. The Bertz CT molecular complexity index is 994. The molecule has 0 aliphatic carbocycles. The lowest BCUT2D eigenvalue weighted by Gasteiger charge is -2.18. The minimum absolute atomic E-state index is 0.250. The third kappa shape index (κ3) is 3.26. The monoisotopic (exact) mass is 362 g/mol. The zero-order valence-electron chi connectivity index (χ0n) is 16.7. The minimum atomic E-state index is -0.250. The highest BCUT2D eigenvalue weighted by Crippen LogP contribution is 2.48. The van der Waals surface area contributed by atoms with Gasteiger partial charge in [0.2, 0.25) is 0 Å². The zero-order chi connectivity index (χ0) is 19.2. The molecule has 140 valence electrons. The molecule has 0 saturated carbocycles. The zero-order valence-corrected chi connectivity index (χ0v) is 16.7. The van der Waals surface area contributed by atoms with Crippen LogP contribution in [-0.4, -0.2) is 36.7 Å². The van der Waals surface area contributed by atoms with Crippen molar-refractivity contribution in [2.24, 2.45) is 0 Å². The highest BCUT2D eigenvalue weighted by molar-refractivity contribution is 6.00. The summed E-state index contributed by atoms with van der Waals surface area (Å²) in [6.07, 6.45) is 0.838. The highest BCUT2D eigenvalue weighted by Gasteiger charge is 2.35. The van der Waals surface area contributed by atoms with Gasteiger partial charge in [-0.15, -0.1) is 0 Å². The van der Waals surface area contributed by atoms with Crippen molar-refractivity contribution in [1.82, 2.24) is 9.88 Å². The van der Waals surface area contributed by atoms with Gasteiger partial charge in [-0.2, -0.15) is 0 Å². The van der Waals surface area contributed by atoms with Gasteiger partial charge in [-0.25, -0.2) is 0 Å². The molecule has 0 saturated heterocycles. The molecule has 0 atom stereocenters. The fourth-order valence-corrected chi connectivity index (χ4v) is 3.90. The second-order valence-electron chi connectivity index (χ2n) is 8.09. The van der Waals surface area contributed by atoms with Crippen molar-refractivity contribution in [3.8, 4) is 22.8 Å². The average molecular weight is 362 g/mol. The summed E-state index contributed by atoms with van der Waals surface area (Å²) in [7, 11) is 5.83. The molecule has 4 rings (SSSR count). The molecule has 1 aliphatic rings. The number of hydrogen-bond acceptors (Lipinski definition) is 4. The van der Waals surface area contributed by atoms with Crippen LogP contribution in [0.2, 0.25) is 0 Å². The Morgan fingerprint density at radius 1 is 1.15 bits per heavy atom. The van der Waals surface area contributed by atoms with Crippen LogP contribution in [0.5, 0.6) is 11.5 Å². The topological polar surface area (TPSA) is 34.6 Å². The maximum Gasteiger partial charge on any atom is 0.166 e. The molecule has 1 aliphatic heterocycles. The summed E-state index contributed by atoms with van der Waals surface area (Å²) in [6, 6.07) is 14.7. The van der Waals surface area contributed by atoms with Crippen LogP contribution < -0.4 is 9.47 Å². The molecule has 0 bridgehead atoms. The van der Waals surface area contributed by atoms with Gasteiger partial charge in [-0.3, -0.25) is 4.98 Å². The molecule has 0 unspecified atom stereocenters. The summed E-state index contributed by atoms with van der Waals surface area (Å²) < 4.78 is 11.9. The first-order valence-electron chi connectivity index (χ1n) is 9.30. The van der Waals surface area contributed by atoms with E-state index in [-0.39, 0.29) is 5.60 Å². The molecule has 3 aromatic rings. The van der Waals surface area contributed by atoms with Crippen molar-refractivity contribution in [2.45, 2.75) is 32.4 Å². The van der Waals surface area contributed by atoms with Crippen LogP contribution in [0.25, 0.3) is 22.0 Å². The maximum atomic E-state index is 6.25. The molecule has 4 heteroatoms. The van der Waals surface area contributed by atoms with Crippen LogP contribution in [-0.2, 0) is 13.0 Å². The Morgan fingerprint density at radius 2 is 1.89 bits per heavy atom. The molecule has 0 radical (unpaired) electrons. The lowest BCUT2D eigenvalue weighted by Crippen LogP contribution is -2.24. The van der Waals surface area contributed by atoms with E-state index < -0.39 is 0 Å². The summed E-state index contributed by atoms with van der Waals surface area (Å²) in [5.41, 5.74) is 4.13. The molecule has 0 amide bonds. The first-order chi connectivity index (χ1) is 12.9. The van der Waals surface area contributed by atoms with Gasteiger partial charge in [0.15, 0.2) is 11.5 Å². The van der Waals surface area contributed by atoms with Gasteiger partial charge in [-0.05, 0) is 45.5 Å². The van der Waals surface area contributed by atoms with Crippen molar-refractivity contribution in [3.05, 3.63) is 53.7 Å². The second-order valence-corrected chi connectivity index (χ2v) is 8.09. The van der Waals surface area contributed by atoms with Gasteiger partial charge in [0.1, 0.15) is 5.60 Å². The highest BCUT2D eigenvalue weighted by atomic mass is 16.5. The van der Waals surface area contributed by atoms with Gasteiger partial charge in [0.05, 0.1) is 18.5 Å². The summed E-state index contributed by atoms with van der Waals surface area (Å²) in [5.74, 6) is 1.65. The van der Waals surface area contributed by atoms with E-state index in [1.165, 1.54) is 10.9 Å². The van der Waals surface area contributed by atoms with Crippen molar-refractivity contribution >= 4 is 10.8 Å². The van der Waals surface area contributed by atoms with E-state index in [1.54, 1.807) is 7.11 Å². The number of methoxy groups -OCH3 is 1. The Kier molecular flexibility index (Phi) is 4.31. The van der Waals surface area contributed by atoms with Crippen molar-refractivity contribution in [1.29, 1.82) is 0 Å². The van der Waals surface area contributed by atoms with Crippen LogP contribution in [0.15, 0.2) is 42.5 Å². The van der Waals surface area contributed by atoms with Crippen molar-refractivity contribution in [2.75, 3.05) is 21.2 Å². The van der Waals surface area contributed by atoms with Crippen LogP contribution in [0, 0.1) is 0 Å². The molecular formula is C23H26N2O2.